The molecule has 0 radical (unpaired) electrons. The fourth-order valence-corrected chi connectivity index (χ4v) is 3.33. The monoisotopic (exact) mass is 360 g/mol. The van der Waals surface area contributed by atoms with Crippen molar-refractivity contribution in [2.75, 3.05) is 38.3 Å². The number of carbonyl (C=O) groups excluding carboxylic acids is 1. The number of hydrogen-bond donors (Lipinski definition) is 2. The van der Waals surface area contributed by atoms with Crippen LogP contribution >= 0.6 is 0 Å². The predicted octanol–water partition coefficient (Wildman–Crippen LogP) is 1.55. The van der Waals surface area contributed by atoms with Crippen LogP contribution in [0.3, 0.4) is 0 Å². The molecule has 2 aromatic rings. The lowest BCUT2D eigenvalue weighted by Crippen LogP contribution is -2.23. The second-order valence-electron chi connectivity index (χ2n) is 6.18. The van der Waals surface area contributed by atoms with Crippen molar-refractivity contribution < 1.29 is 19.4 Å². The summed E-state index contributed by atoms with van der Waals surface area (Å²) < 4.78 is 12.3. The van der Waals surface area contributed by atoms with E-state index in [1.807, 2.05) is 10.6 Å². The highest BCUT2D eigenvalue weighted by molar-refractivity contribution is 5.95. The molecule has 0 saturated carbocycles. The first-order valence-corrected chi connectivity index (χ1v) is 8.95. The molecule has 1 aliphatic rings. The third-order valence-corrected chi connectivity index (χ3v) is 4.40. The number of ether oxygens (including phenoxy) is 2. The highest BCUT2D eigenvalue weighted by atomic mass is 16.5. The number of aryl methyl sites for hydroxylation is 2. The van der Waals surface area contributed by atoms with E-state index in [0.29, 0.717) is 25.1 Å². The summed E-state index contributed by atoms with van der Waals surface area (Å²) >= 11 is 0. The molecule has 0 bridgehead atoms. The summed E-state index contributed by atoms with van der Waals surface area (Å²) in [6.07, 6.45) is 3.47. The molecule has 2 heterocycles. The van der Waals surface area contributed by atoms with Gasteiger partial charge in [0, 0.05) is 30.4 Å². The number of benzene rings is 1. The zero-order valence-electron chi connectivity index (χ0n) is 14.9. The summed E-state index contributed by atoms with van der Waals surface area (Å²) in [4.78, 5) is 25.0. The van der Waals surface area contributed by atoms with Crippen LogP contribution in [-0.2, 0) is 22.4 Å². The van der Waals surface area contributed by atoms with Gasteiger partial charge in [0.15, 0.2) is 0 Å². The quantitative estimate of drug-likeness (QED) is 0.548. The number of esters is 1. The van der Waals surface area contributed by atoms with Crippen LogP contribution < -0.4 is 10.7 Å². The number of nitrogens with zero attached hydrogens (tertiary/aromatic N) is 1. The average Bonchev–Trinajstić information content (AvgIpc) is 2.64. The molecule has 0 unspecified atom stereocenters. The van der Waals surface area contributed by atoms with Crippen molar-refractivity contribution in [3.8, 4) is 0 Å². The summed E-state index contributed by atoms with van der Waals surface area (Å²) in [5.74, 6) is -0.578. The smallest absolute Gasteiger partial charge is 0.343 e. The summed E-state index contributed by atoms with van der Waals surface area (Å²) in [6, 6.07) is 3.84. The zero-order chi connectivity index (χ0) is 18.5. The maximum Gasteiger partial charge on any atom is 0.343 e. The Balaban J connectivity index is 1.97. The molecule has 1 aromatic carbocycles. The van der Waals surface area contributed by atoms with Crippen LogP contribution in [0.4, 0.5) is 5.69 Å². The predicted molar refractivity (Wildman–Crippen MR) is 98.9 cm³/mol. The molecule has 26 heavy (non-hydrogen) atoms. The van der Waals surface area contributed by atoms with Crippen LogP contribution in [0.1, 0.15) is 29.3 Å². The number of carbonyl (C=O) groups is 1. The normalized spacial score (nSPS) is 13.0. The van der Waals surface area contributed by atoms with Gasteiger partial charge in [-0.15, -0.1) is 0 Å². The van der Waals surface area contributed by atoms with Gasteiger partial charge < -0.3 is 24.5 Å². The van der Waals surface area contributed by atoms with E-state index in [0.717, 1.165) is 36.2 Å². The number of aromatic nitrogens is 1. The molecule has 3 rings (SSSR count). The van der Waals surface area contributed by atoms with E-state index in [1.165, 1.54) is 0 Å². The van der Waals surface area contributed by atoms with Crippen molar-refractivity contribution in [1.82, 2.24) is 4.57 Å². The van der Waals surface area contributed by atoms with Crippen molar-refractivity contribution in [2.45, 2.75) is 26.3 Å². The summed E-state index contributed by atoms with van der Waals surface area (Å²) in [5, 5.41) is 12.5. The number of anilines is 1. The number of hydrogen-bond acceptors (Lipinski definition) is 6. The van der Waals surface area contributed by atoms with Gasteiger partial charge in [-0.05, 0) is 37.5 Å². The number of aliphatic hydroxyl groups excluding tert-OH is 1. The van der Waals surface area contributed by atoms with E-state index in [2.05, 4.69) is 5.32 Å². The minimum atomic E-state index is -0.578. The lowest BCUT2D eigenvalue weighted by molar-refractivity contribution is 0.0524. The fraction of sp³-hybridized carbons (Fsp3) is 0.474. The first-order chi connectivity index (χ1) is 12.7. The number of rotatable bonds is 8. The lowest BCUT2D eigenvalue weighted by atomic mass is 9.98. The molecule has 7 nitrogen and oxygen atoms in total. The van der Waals surface area contributed by atoms with Crippen LogP contribution in [0.25, 0.3) is 10.9 Å². The first kappa shape index (κ1) is 18.4. The molecule has 7 heteroatoms. The number of nitrogens with one attached hydrogen (secondary N) is 1. The van der Waals surface area contributed by atoms with Crippen molar-refractivity contribution in [3.05, 3.63) is 39.7 Å². The van der Waals surface area contributed by atoms with Crippen LogP contribution in [0.2, 0.25) is 0 Å². The van der Waals surface area contributed by atoms with Gasteiger partial charge in [-0.1, -0.05) is 0 Å². The van der Waals surface area contributed by atoms with Crippen molar-refractivity contribution in [2.24, 2.45) is 0 Å². The molecule has 0 spiro atoms. The highest BCUT2D eigenvalue weighted by Gasteiger charge is 2.21. The highest BCUT2D eigenvalue weighted by Crippen LogP contribution is 2.27. The Labute approximate surface area is 151 Å². The summed E-state index contributed by atoms with van der Waals surface area (Å²) in [7, 11) is 0. The summed E-state index contributed by atoms with van der Waals surface area (Å²) in [5.41, 5.74) is 2.61. The third kappa shape index (κ3) is 3.73. The van der Waals surface area contributed by atoms with Gasteiger partial charge in [0.05, 0.1) is 31.9 Å². The van der Waals surface area contributed by atoms with E-state index in [-0.39, 0.29) is 24.2 Å². The molecule has 0 saturated heterocycles. The second-order valence-corrected chi connectivity index (χ2v) is 6.18. The third-order valence-electron chi connectivity index (χ3n) is 4.40. The number of aliphatic hydroxyl groups is 1. The molecule has 0 amide bonds. The molecular weight excluding hydrogens is 336 g/mol. The van der Waals surface area contributed by atoms with Crippen molar-refractivity contribution >= 4 is 22.6 Å². The van der Waals surface area contributed by atoms with E-state index in [9.17, 15) is 9.59 Å². The maximum atomic E-state index is 12.9. The van der Waals surface area contributed by atoms with Gasteiger partial charge in [-0.2, -0.15) is 0 Å². The molecule has 0 aliphatic carbocycles. The molecular formula is C19H24N2O5. The molecule has 1 aliphatic heterocycles. The van der Waals surface area contributed by atoms with Gasteiger partial charge in [0.1, 0.15) is 5.56 Å². The van der Waals surface area contributed by atoms with Crippen LogP contribution in [0.5, 0.6) is 0 Å². The lowest BCUT2D eigenvalue weighted by Gasteiger charge is -2.22. The van der Waals surface area contributed by atoms with Gasteiger partial charge in [0.2, 0.25) is 5.43 Å². The Morgan fingerprint density at radius 1 is 1.35 bits per heavy atom. The molecule has 0 atom stereocenters. The average molecular weight is 360 g/mol. The molecule has 140 valence electrons. The SMILES string of the molecule is CCOC(=O)c1cn2c3c(cc(NCCOCCO)cc3c1=O)CCC2. The van der Waals surface area contributed by atoms with Crippen molar-refractivity contribution in [3.63, 3.8) is 0 Å². The van der Waals surface area contributed by atoms with Gasteiger partial charge >= 0.3 is 5.97 Å². The Bertz CT molecular complexity index is 859. The van der Waals surface area contributed by atoms with E-state index < -0.39 is 5.97 Å². The van der Waals surface area contributed by atoms with Crippen molar-refractivity contribution in [1.29, 1.82) is 0 Å². The Morgan fingerprint density at radius 2 is 2.19 bits per heavy atom. The topological polar surface area (TPSA) is 89.8 Å². The van der Waals surface area contributed by atoms with Crippen LogP contribution in [0, 0.1) is 0 Å². The van der Waals surface area contributed by atoms with E-state index in [4.69, 9.17) is 14.6 Å². The Kier molecular flexibility index (Phi) is 5.90. The number of pyridine rings is 1. The Morgan fingerprint density at radius 3 is 2.96 bits per heavy atom. The zero-order valence-corrected chi connectivity index (χ0v) is 14.9. The molecule has 2 N–H and O–H groups in total. The largest absolute Gasteiger partial charge is 0.462 e. The van der Waals surface area contributed by atoms with Gasteiger partial charge in [-0.3, -0.25) is 4.79 Å². The second kappa shape index (κ2) is 8.33. The van der Waals surface area contributed by atoms with Crippen LogP contribution in [0.15, 0.2) is 23.1 Å². The minimum absolute atomic E-state index is 0.00367. The standard InChI is InChI=1S/C19H24N2O5/c1-2-26-19(24)16-12-21-6-3-4-13-10-14(20-5-8-25-9-7-22)11-15(17(13)21)18(16)23/h10-12,20,22H,2-9H2,1H3. The van der Waals surface area contributed by atoms with Gasteiger partial charge in [0.25, 0.3) is 0 Å². The van der Waals surface area contributed by atoms with E-state index >= 15 is 0 Å². The molecule has 1 aromatic heterocycles. The Hall–Kier alpha value is -2.38. The maximum absolute atomic E-state index is 12.9. The molecule has 0 fully saturated rings. The fourth-order valence-electron chi connectivity index (χ4n) is 3.33. The minimum Gasteiger partial charge on any atom is -0.462 e. The first-order valence-electron chi connectivity index (χ1n) is 8.95. The van der Waals surface area contributed by atoms with Gasteiger partial charge in [-0.25, -0.2) is 4.79 Å². The van der Waals surface area contributed by atoms with Crippen LogP contribution in [-0.4, -0.2) is 48.6 Å². The summed E-state index contributed by atoms with van der Waals surface area (Å²) in [6.45, 7) is 4.06. The van der Waals surface area contributed by atoms with E-state index in [1.54, 1.807) is 19.2 Å².